The van der Waals surface area contributed by atoms with Crippen molar-refractivity contribution in [3.63, 3.8) is 0 Å². The molecule has 0 aliphatic heterocycles. The number of benzene rings is 1. The minimum absolute atomic E-state index is 0.0205. The molecule has 2 N–H and O–H groups in total. The number of hydrogen-bond donors (Lipinski definition) is 2. The van der Waals surface area contributed by atoms with E-state index in [0.29, 0.717) is 0 Å². The van der Waals surface area contributed by atoms with E-state index in [2.05, 4.69) is 0 Å². The van der Waals surface area contributed by atoms with Crippen LogP contribution in [0.3, 0.4) is 0 Å². The van der Waals surface area contributed by atoms with Gasteiger partial charge in [0.25, 0.3) is 0 Å². The molecule has 0 bridgehead atoms. The highest BCUT2D eigenvalue weighted by atomic mass is 16.4. The van der Waals surface area contributed by atoms with Crippen molar-refractivity contribution in [3.8, 4) is 5.75 Å². The maximum atomic E-state index is 10.3. The summed E-state index contributed by atoms with van der Waals surface area (Å²) in [6.07, 6.45) is 1.67. The van der Waals surface area contributed by atoms with E-state index >= 15 is 0 Å². The highest BCUT2D eigenvalue weighted by Gasteiger charge is 1.97. The average molecular weight is 192 g/mol. The molecule has 0 heterocycles. The monoisotopic (exact) mass is 192 g/mol. The summed E-state index contributed by atoms with van der Waals surface area (Å²) < 4.78 is 0. The molecule has 1 aromatic rings. The summed E-state index contributed by atoms with van der Waals surface area (Å²) in [5.74, 6) is -0.636. The topological polar surface area (TPSA) is 57.5 Å². The molecule has 0 fully saturated rings. The van der Waals surface area contributed by atoms with Gasteiger partial charge >= 0.3 is 5.97 Å². The Hall–Kier alpha value is -1.77. The first-order chi connectivity index (χ1) is 6.59. The minimum Gasteiger partial charge on any atom is -0.508 e. The molecule has 3 nitrogen and oxygen atoms in total. The lowest BCUT2D eigenvalue weighted by Gasteiger charge is -2.00. The number of carboxylic acids is 1. The van der Waals surface area contributed by atoms with Gasteiger partial charge in [0.1, 0.15) is 5.75 Å². The third-order valence-corrected chi connectivity index (χ3v) is 1.91. The van der Waals surface area contributed by atoms with Crippen molar-refractivity contribution in [1.82, 2.24) is 0 Å². The second kappa shape index (κ2) is 4.46. The number of aliphatic carboxylic acids is 1. The molecule has 0 saturated carbocycles. The quantitative estimate of drug-likeness (QED) is 0.772. The fourth-order valence-corrected chi connectivity index (χ4v) is 1.08. The van der Waals surface area contributed by atoms with Crippen LogP contribution in [-0.2, 0) is 4.79 Å². The zero-order chi connectivity index (χ0) is 10.6. The first-order valence-corrected chi connectivity index (χ1v) is 4.27. The molecular weight excluding hydrogens is 180 g/mol. The summed E-state index contributed by atoms with van der Waals surface area (Å²) >= 11 is 0. The lowest BCUT2D eigenvalue weighted by atomic mass is 10.1. The van der Waals surface area contributed by atoms with Crippen molar-refractivity contribution < 1.29 is 15.0 Å². The van der Waals surface area contributed by atoms with Gasteiger partial charge < -0.3 is 10.2 Å². The van der Waals surface area contributed by atoms with E-state index in [1.54, 1.807) is 30.3 Å². The van der Waals surface area contributed by atoms with E-state index < -0.39 is 5.97 Å². The van der Waals surface area contributed by atoms with E-state index in [9.17, 15) is 4.79 Å². The lowest BCUT2D eigenvalue weighted by molar-refractivity contribution is -0.135. The molecule has 0 unspecified atom stereocenters. The highest BCUT2D eigenvalue weighted by molar-refractivity contribution is 5.73. The predicted molar refractivity (Wildman–Crippen MR) is 54.0 cm³/mol. The van der Waals surface area contributed by atoms with Crippen LogP contribution in [0.5, 0.6) is 5.75 Å². The van der Waals surface area contributed by atoms with Crippen LogP contribution >= 0.6 is 0 Å². The molecular formula is C11H12O3. The summed E-state index contributed by atoms with van der Waals surface area (Å²) in [6.45, 7) is 1.84. The number of rotatable bonds is 3. The van der Waals surface area contributed by atoms with Gasteiger partial charge in [0.05, 0.1) is 6.42 Å². The van der Waals surface area contributed by atoms with Crippen molar-refractivity contribution in [2.75, 3.05) is 0 Å². The Morgan fingerprint density at radius 1 is 1.36 bits per heavy atom. The number of phenols is 1. The molecule has 1 rings (SSSR count). The molecule has 0 aliphatic rings. The van der Waals surface area contributed by atoms with E-state index in [4.69, 9.17) is 10.2 Å². The third kappa shape index (κ3) is 2.94. The van der Waals surface area contributed by atoms with E-state index in [1.807, 2.05) is 6.92 Å². The van der Waals surface area contributed by atoms with E-state index in [0.717, 1.165) is 11.1 Å². The van der Waals surface area contributed by atoms with Crippen molar-refractivity contribution in [1.29, 1.82) is 0 Å². The van der Waals surface area contributed by atoms with E-state index in [1.165, 1.54) is 0 Å². The summed E-state index contributed by atoms with van der Waals surface area (Å²) in [4.78, 5) is 10.3. The Bertz CT molecular complexity index is 349. The second-order valence-corrected chi connectivity index (χ2v) is 3.03. The molecule has 74 valence electrons. The van der Waals surface area contributed by atoms with Gasteiger partial charge in [-0.2, -0.15) is 0 Å². The van der Waals surface area contributed by atoms with Gasteiger partial charge in [-0.15, -0.1) is 0 Å². The van der Waals surface area contributed by atoms with Gasteiger partial charge in [-0.1, -0.05) is 18.2 Å². The molecule has 0 saturated heterocycles. The number of phenolic OH excluding ortho intramolecular Hbond substituents is 1. The largest absolute Gasteiger partial charge is 0.508 e. The SMILES string of the molecule is C/C(=C\CC(=O)O)c1ccc(O)cc1. The number of carbonyl (C=O) groups is 1. The van der Waals surface area contributed by atoms with Gasteiger partial charge in [-0.05, 0) is 30.2 Å². The molecule has 1 aromatic carbocycles. The molecule has 0 atom stereocenters. The Labute approximate surface area is 82.3 Å². The summed E-state index contributed by atoms with van der Waals surface area (Å²) in [5, 5.41) is 17.5. The molecule has 0 aliphatic carbocycles. The number of allylic oxidation sites excluding steroid dienone is 1. The Kier molecular flexibility index (Phi) is 3.29. The zero-order valence-electron chi connectivity index (χ0n) is 7.90. The standard InChI is InChI=1S/C11H12O3/c1-8(2-7-11(13)14)9-3-5-10(12)6-4-9/h2-6,12H,7H2,1H3,(H,13,14)/b8-2+. The number of hydrogen-bond acceptors (Lipinski definition) is 2. The average Bonchev–Trinajstić information content (AvgIpc) is 2.15. The van der Waals surface area contributed by atoms with Crippen molar-refractivity contribution in [2.45, 2.75) is 13.3 Å². The van der Waals surface area contributed by atoms with Crippen LogP contribution in [0.15, 0.2) is 30.3 Å². The van der Waals surface area contributed by atoms with Crippen LogP contribution in [0.4, 0.5) is 0 Å². The zero-order valence-corrected chi connectivity index (χ0v) is 7.90. The smallest absolute Gasteiger partial charge is 0.307 e. The normalized spacial score (nSPS) is 11.4. The first-order valence-electron chi connectivity index (χ1n) is 4.27. The van der Waals surface area contributed by atoms with Gasteiger partial charge in [-0.3, -0.25) is 4.79 Å². The van der Waals surface area contributed by atoms with Gasteiger partial charge in [-0.25, -0.2) is 0 Å². The van der Waals surface area contributed by atoms with Crippen molar-refractivity contribution >= 4 is 11.5 Å². The number of carboxylic acid groups (broad SMARTS) is 1. The van der Waals surface area contributed by atoms with Crippen molar-refractivity contribution in [3.05, 3.63) is 35.9 Å². The maximum absolute atomic E-state index is 10.3. The highest BCUT2D eigenvalue weighted by Crippen LogP contribution is 2.17. The van der Waals surface area contributed by atoms with Crippen LogP contribution in [0.25, 0.3) is 5.57 Å². The molecule has 0 spiro atoms. The molecule has 0 amide bonds. The maximum Gasteiger partial charge on any atom is 0.307 e. The fraction of sp³-hybridized carbons (Fsp3) is 0.182. The van der Waals surface area contributed by atoms with Crippen LogP contribution in [0.1, 0.15) is 18.9 Å². The molecule has 0 aromatic heterocycles. The lowest BCUT2D eigenvalue weighted by Crippen LogP contribution is -1.91. The minimum atomic E-state index is -0.844. The van der Waals surface area contributed by atoms with Gasteiger partial charge in [0.2, 0.25) is 0 Å². The summed E-state index contributed by atoms with van der Waals surface area (Å²) in [6, 6.07) is 6.66. The fourth-order valence-electron chi connectivity index (χ4n) is 1.08. The molecule has 3 heteroatoms. The molecule has 14 heavy (non-hydrogen) atoms. The predicted octanol–water partition coefficient (Wildman–Crippen LogP) is 2.27. The van der Waals surface area contributed by atoms with Crippen LogP contribution in [0.2, 0.25) is 0 Å². The Morgan fingerprint density at radius 3 is 2.43 bits per heavy atom. The van der Waals surface area contributed by atoms with Crippen molar-refractivity contribution in [2.24, 2.45) is 0 Å². The summed E-state index contributed by atoms with van der Waals surface area (Å²) in [7, 11) is 0. The number of aromatic hydroxyl groups is 1. The Balaban J connectivity index is 2.78. The van der Waals surface area contributed by atoms with Crippen LogP contribution in [-0.4, -0.2) is 16.2 Å². The van der Waals surface area contributed by atoms with E-state index in [-0.39, 0.29) is 12.2 Å². The van der Waals surface area contributed by atoms with Crippen LogP contribution < -0.4 is 0 Å². The van der Waals surface area contributed by atoms with Crippen LogP contribution in [0, 0.1) is 0 Å². The molecule has 0 radical (unpaired) electrons. The summed E-state index contributed by atoms with van der Waals surface area (Å²) in [5.41, 5.74) is 1.82. The first kappa shape index (κ1) is 10.3. The van der Waals surface area contributed by atoms with Gasteiger partial charge in [0, 0.05) is 0 Å². The third-order valence-electron chi connectivity index (χ3n) is 1.91. The van der Waals surface area contributed by atoms with Gasteiger partial charge in [0.15, 0.2) is 0 Å². The Morgan fingerprint density at radius 2 is 1.93 bits per heavy atom. The second-order valence-electron chi connectivity index (χ2n) is 3.03.